The van der Waals surface area contributed by atoms with Gasteiger partial charge in [-0.1, -0.05) is 96.6 Å². The van der Waals surface area contributed by atoms with E-state index in [2.05, 4.69) is 195 Å². The smallest absolute Gasteiger partial charge is 0.0771 e. The fourth-order valence-electron chi connectivity index (χ4n) is 6.29. The molecule has 0 aliphatic heterocycles. The molecule has 49 heavy (non-hydrogen) atoms. The maximum absolute atomic E-state index is 2.28. The van der Waals surface area contributed by atoms with E-state index in [1.165, 1.54) is 70.2 Å². The second-order valence-electron chi connectivity index (χ2n) is 11.8. The van der Waals surface area contributed by atoms with Crippen molar-refractivity contribution in [1.82, 2.24) is 0 Å². The first-order valence-corrected chi connectivity index (χ1v) is 21.2. The Kier molecular flexibility index (Phi) is 12.6. The summed E-state index contributed by atoms with van der Waals surface area (Å²) in [5.41, 5.74) is 3.51. The molecule has 0 bridgehead atoms. The van der Waals surface area contributed by atoms with E-state index in [1.807, 2.05) is 0 Å². The third-order valence-electron chi connectivity index (χ3n) is 8.72. The Morgan fingerprint density at radius 2 is 0.878 bits per heavy atom. The van der Waals surface area contributed by atoms with E-state index < -0.39 is 5.43 Å². The topological polar surface area (TPSA) is 0 Å². The van der Waals surface area contributed by atoms with E-state index in [4.69, 9.17) is 0 Å². The first kappa shape index (κ1) is 36.2. The van der Waals surface area contributed by atoms with Gasteiger partial charge < -0.3 is 0 Å². The zero-order valence-electron chi connectivity index (χ0n) is 27.2. The van der Waals surface area contributed by atoms with Gasteiger partial charge in [-0.2, -0.15) is 0 Å². The molecule has 4 heteroatoms. The Labute approximate surface area is 316 Å². The summed E-state index contributed by atoms with van der Waals surface area (Å²) in [5.74, 6) is 0. The minimum Gasteiger partial charge on any atom is -0.126 e. The number of rotatable bonds is 3. The molecular weight excluding hydrogens is 731 g/mol. The summed E-state index contributed by atoms with van der Waals surface area (Å²) >= 11 is 1.64. The van der Waals surface area contributed by atoms with E-state index in [1.54, 1.807) is 23.3 Å². The van der Waals surface area contributed by atoms with E-state index in [9.17, 15) is 0 Å². The van der Waals surface area contributed by atoms with E-state index >= 15 is 0 Å². The fraction of sp³-hybridized carbons (Fsp3) is 0.0222. The number of halogens is 2. The quantitative estimate of drug-likeness (QED) is 0.124. The molecule has 0 N–H and O–H groups in total. The Morgan fingerprint density at radius 1 is 0.429 bits per heavy atom. The molecule has 0 nitrogen and oxygen atoms in total. The van der Waals surface area contributed by atoms with Crippen molar-refractivity contribution in [3.8, 4) is 11.1 Å². The number of fused-ring (bicyclic) bond motifs is 5. The predicted octanol–water partition coefficient (Wildman–Crippen LogP) is 11.6. The average Bonchev–Trinajstić information content (AvgIpc) is 3.75. The largest absolute Gasteiger partial charge is 0.126 e. The van der Waals surface area contributed by atoms with Crippen LogP contribution in [-0.2, 0) is 23.3 Å². The summed E-state index contributed by atoms with van der Waals surface area (Å²) in [5, 5.41) is 13.7. The summed E-state index contributed by atoms with van der Waals surface area (Å²) in [6, 6.07) is 67.2. The normalized spacial score (nSPS) is 10.3. The van der Waals surface area contributed by atoms with Gasteiger partial charge in [0.05, 0.1) is 0 Å². The summed E-state index contributed by atoms with van der Waals surface area (Å²) in [6.45, 7) is 2.17. The van der Waals surface area contributed by atoms with Crippen LogP contribution in [0.5, 0.6) is 0 Å². The Bertz CT molecular complexity index is 2320. The van der Waals surface area contributed by atoms with Crippen molar-refractivity contribution in [3.05, 3.63) is 194 Å². The van der Waals surface area contributed by atoms with E-state index in [-0.39, 0.29) is 24.8 Å². The SMILES string of the molecule is Cc1ccc(-c2cc3ccccc3[cH-]2)c2ccccc12.Cl.Cl.[Zr+2]=[Si](c1ccccc1)c1ccccc1.c1ccc2c(c1)[cH-]c1ccccc12. The molecule has 238 valence electrons. The third kappa shape index (κ3) is 8.23. The van der Waals surface area contributed by atoms with Crippen molar-refractivity contribution in [1.29, 1.82) is 0 Å². The summed E-state index contributed by atoms with van der Waals surface area (Å²) in [6.07, 6.45) is 0. The molecule has 0 aromatic heterocycles. The molecule has 9 aromatic carbocycles. The summed E-state index contributed by atoms with van der Waals surface area (Å²) in [4.78, 5) is 0. The van der Waals surface area contributed by atoms with Crippen LogP contribution < -0.4 is 10.4 Å². The number of hydrogen-bond donors (Lipinski definition) is 0. The van der Waals surface area contributed by atoms with Crippen LogP contribution in [0.2, 0.25) is 0 Å². The van der Waals surface area contributed by atoms with E-state index in [0.717, 1.165) is 0 Å². The van der Waals surface area contributed by atoms with Gasteiger partial charge >= 0.3 is 99.8 Å². The van der Waals surface area contributed by atoms with Crippen molar-refractivity contribution in [2.24, 2.45) is 0 Å². The first-order chi connectivity index (χ1) is 23.2. The number of hydrogen-bond acceptors (Lipinski definition) is 0. The minimum atomic E-state index is -0.455. The molecule has 0 heterocycles. The standard InChI is InChI=1S/C20H15.C13H9.C12H10Si.2ClH.Zr/c1-14-10-11-19(20-9-5-4-8-18(14)20)17-12-15-6-2-3-7-16(15)13-17;1-3-7-12-10(5-1)9-11-6-2-4-8-13(11)12;1-3-7-11(8-4-1)13-12-9-5-2-6-10-12;;;/h2-13H,1H3;1-9H;1-10H;2*1H;/q2*-1;;;;+2. The van der Waals surface area contributed by atoms with Crippen molar-refractivity contribution < 1.29 is 23.3 Å². The van der Waals surface area contributed by atoms with Gasteiger partial charge in [0.1, 0.15) is 0 Å². The van der Waals surface area contributed by atoms with Crippen LogP contribution in [0, 0.1) is 6.92 Å². The number of benzene rings is 7. The zero-order chi connectivity index (χ0) is 32.0. The van der Waals surface area contributed by atoms with Gasteiger partial charge in [0.15, 0.2) is 0 Å². The fourth-order valence-corrected chi connectivity index (χ4v) is 10.1. The molecule has 0 spiro atoms. The van der Waals surface area contributed by atoms with Crippen LogP contribution in [0.3, 0.4) is 0 Å². The molecule has 0 fully saturated rings. The molecule has 0 aliphatic rings. The van der Waals surface area contributed by atoms with Crippen LogP contribution in [0.4, 0.5) is 0 Å². The Hall–Kier alpha value is -4.04. The third-order valence-corrected chi connectivity index (χ3v) is 14.8. The summed E-state index contributed by atoms with van der Waals surface area (Å²) in [7, 11) is 0. The summed E-state index contributed by atoms with van der Waals surface area (Å²) < 4.78 is 0. The van der Waals surface area contributed by atoms with Gasteiger partial charge in [0.25, 0.3) is 0 Å². The monoisotopic (exact) mass is 764 g/mol. The number of aryl methyl sites for hydroxylation is 1. The molecular formula is C45H36Cl2SiZr. The van der Waals surface area contributed by atoms with Gasteiger partial charge in [-0.3, -0.25) is 0 Å². The second kappa shape index (κ2) is 17.1. The molecule has 0 saturated heterocycles. The van der Waals surface area contributed by atoms with Crippen molar-refractivity contribution in [2.75, 3.05) is 0 Å². The molecule has 9 aromatic rings. The molecule has 0 aliphatic carbocycles. The van der Waals surface area contributed by atoms with Crippen LogP contribution in [-0.4, -0.2) is 5.43 Å². The molecule has 0 unspecified atom stereocenters. The van der Waals surface area contributed by atoms with Crippen molar-refractivity contribution in [2.45, 2.75) is 6.92 Å². The first-order valence-electron chi connectivity index (χ1n) is 16.0. The molecule has 0 atom stereocenters. The second-order valence-corrected chi connectivity index (χ2v) is 17.4. The van der Waals surface area contributed by atoms with Crippen molar-refractivity contribution in [3.63, 3.8) is 0 Å². The van der Waals surface area contributed by atoms with Gasteiger partial charge in [-0.05, 0) is 23.3 Å². The molecule has 0 radical (unpaired) electrons. The van der Waals surface area contributed by atoms with Crippen LogP contribution in [0.25, 0.3) is 54.2 Å². The Morgan fingerprint density at radius 3 is 1.43 bits per heavy atom. The van der Waals surface area contributed by atoms with E-state index in [0.29, 0.717) is 0 Å². The van der Waals surface area contributed by atoms with Gasteiger partial charge in [0.2, 0.25) is 0 Å². The van der Waals surface area contributed by atoms with Crippen LogP contribution in [0.1, 0.15) is 5.56 Å². The Balaban J connectivity index is 0.000000145. The van der Waals surface area contributed by atoms with Crippen molar-refractivity contribution >= 4 is 83.7 Å². The average molecular weight is 767 g/mol. The maximum Gasteiger partial charge on any atom is -0.0771 e. The predicted molar refractivity (Wildman–Crippen MR) is 217 cm³/mol. The minimum absolute atomic E-state index is 0. The van der Waals surface area contributed by atoms with Gasteiger partial charge in [-0.25, -0.2) is 0 Å². The molecule has 9 rings (SSSR count). The molecule has 0 saturated carbocycles. The zero-order valence-corrected chi connectivity index (χ0v) is 32.3. The van der Waals surface area contributed by atoms with Crippen LogP contribution >= 0.6 is 24.8 Å². The van der Waals surface area contributed by atoms with Gasteiger partial charge in [-0.15, -0.1) is 99.1 Å². The molecule has 0 amide bonds. The van der Waals surface area contributed by atoms with Crippen LogP contribution in [0.15, 0.2) is 188 Å². The van der Waals surface area contributed by atoms with Gasteiger partial charge in [0, 0.05) is 0 Å². The maximum atomic E-state index is 2.28.